The first-order chi connectivity index (χ1) is 5.04. The summed E-state index contributed by atoms with van der Waals surface area (Å²) in [5.41, 5.74) is -0.682. The Morgan fingerprint density at radius 3 is 2.27 bits per heavy atom. The van der Waals surface area contributed by atoms with Gasteiger partial charge in [-0.2, -0.15) is 0 Å². The normalized spacial score (nSPS) is 25.3. The summed E-state index contributed by atoms with van der Waals surface area (Å²) < 4.78 is 24.7. The van der Waals surface area contributed by atoms with E-state index in [-0.39, 0.29) is 25.9 Å². The number of hydrogen-bond donors (Lipinski definition) is 1. The molecule has 0 bridgehead atoms. The van der Waals surface area contributed by atoms with Crippen molar-refractivity contribution < 1.29 is 13.9 Å². The molecule has 1 nitrogen and oxygen atoms in total. The van der Waals surface area contributed by atoms with Crippen LogP contribution in [0.3, 0.4) is 0 Å². The Bertz CT molecular complexity index is 185. The van der Waals surface area contributed by atoms with Gasteiger partial charge in [-0.25, -0.2) is 8.78 Å². The van der Waals surface area contributed by atoms with Gasteiger partial charge in [-0.05, 0) is 0 Å². The summed E-state index contributed by atoms with van der Waals surface area (Å²) >= 11 is 0. The zero-order valence-corrected chi connectivity index (χ0v) is 6.11. The molecule has 1 aliphatic rings. The molecule has 0 saturated heterocycles. The van der Waals surface area contributed by atoms with Gasteiger partial charge in [-0.1, -0.05) is 0 Å². The highest BCUT2D eigenvalue weighted by molar-refractivity contribution is 5.05. The second-order valence-electron chi connectivity index (χ2n) is 3.25. The third kappa shape index (κ3) is 1.51. The molecule has 1 saturated carbocycles. The molecule has 1 N–H and O–H groups in total. The fourth-order valence-electron chi connectivity index (χ4n) is 1.55. The fourth-order valence-corrected chi connectivity index (χ4v) is 1.55. The van der Waals surface area contributed by atoms with Crippen LogP contribution in [-0.4, -0.2) is 17.6 Å². The summed E-state index contributed by atoms with van der Waals surface area (Å²) in [6.45, 7) is -0.229. The Morgan fingerprint density at radius 1 is 1.45 bits per heavy atom. The van der Waals surface area contributed by atoms with Gasteiger partial charge in [0.1, 0.15) is 0 Å². The van der Waals surface area contributed by atoms with Crippen molar-refractivity contribution in [3.8, 4) is 12.3 Å². The fraction of sp³-hybridized carbons (Fsp3) is 0.750. The van der Waals surface area contributed by atoms with Crippen LogP contribution in [0.4, 0.5) is 8.78 Å². The molecule has 1 aliphatic carbocycles. The Kier molecular flexibility index (Phi) is 1.89. The predicted molar refractivity (Wildman–Crippen MR) is 37.1 cm³/mol. The van der Waals surface area contributed by atoms with Crippen molar-refractivity contribution in [2.75, 3.05) is 6.61 Å². The molecule has 0 atom stereocenters. The maximum Gasteiger partial charge on any atom is 0.249 e. The van der Waals surface area contributed by atoms with Crippen LogP contribution in [0.2, 0.25) is 0 Å². The van der Waals surface area contributed by atoms with Crippen LogP contribution >= 0.6 is 0 Å². The molecule has 0 aromatic heterocycles. The van der Waals surface area contributed by atoms with Gasteiger partial charge >= 0.3 is 0 Å². The molecule has 1 rings (SSSR count). The van der Waals surface area contributed by atoms with E-state index in [0.717, 1.165) is 0 Å². The summed E-state index contributed by atoms with van der Waals surface area (Å²) in [7, 11) is 0. The molecule has 0 heterocycles. The van der Waals surface area contributed by atoms with E-state index in [2.05, 4.69) is 5.92 Å². The van der Waals surface area contributed by atoms with E-state index >= 15 is 0 Å². The van der Waals surface area contributed by atoms with Gasteiger partial charge in [0, 0.05) is 24.7 Å². The van der Waals surface area contributed by atoms with Crippen LogP contribution in [0.1, 0.15) is 19.3 Å². The zero-order valence-electron chi connectivity index (χ0n) is 6.11. The number of alkyl halides is 2. The molecule has 0 aliphatic heterocycles. The summed E-state index contributed by atoms with van der Waals surface area (Å²) in [5, 5.41) is 8.77. The average molecular weight is 160 g/mol. The van der Waals surface area contributed by atoms with Gasteiger partial charge in [0.15, 0.2) is 0 Å². The third-order valence-corrected chi connectivity index (χ3v) is 2.08. The topological polar surface area (TPSA) is 20.2 Å². The Balaban J connectivity index is 2.51. The molecule has 11 heavy (non-hydrogen) atoms. The molecule has 0 aromatic carbocycles. The van der Waals surface area contributed by atoms with Crippen LogP contribution in [0.5, 0.6) is 0 Å². The minimum Gasteiger partial charge on any atom is -0.396 e. The smallest absolute Gasteiger partial charge is 0.249 e. The van der Waals surface area contributed by atoms with Crippen LogP contribution in [0.15, 0.2) is 0 Å². The molecular formula is C8H10F2O. The first kappa shape index (κ1) is 8.48. The number of halogens is 2. The van der Waals surface area contributed by atoms with Crippen molar-refractivity contribution >= 4 is 0 Å². The number of hydrogen-bond acceptors (Lipinski definition) is 1. The summed E-state index contributed by atoms with van der Waals surface area (Å²) in [6.07, 6.45) is 4.70. The molecular weight excluding hydrogens is 150 g/mol. The van der Waals surface area contributed by atoms with E-state index in [9.17, 15) is 8.78 Å². The third-order valence-electron chi connectivity index (χ3n) is 2.08. The van der Waals surface area contributed by atoms with E-state index in [1.807, 2.05) is 0 Å². The molecule has 0 aromatic rings. The van der Waals surface area contributed by atoms with Gasteiger partial charge in [0.05, 0.1) is 6.61 Å². The predicted octanol–water partition coefficient (Wildman–Crippen LogP) is 1.42. The van der Waals surface area contributed by atoms with E-state index in [4.69, 9.17) is 11.5 Å². The van der Waals surface area contributed by atoms with Crippen LogP contribution < -0.4 is 0 Å². The van der Waals surface area contributed by atoms with E-state index < -0.39 is 11.3 Å². The largest absolute Gasteiger partial charge is 0.396 e. The maximum absolute atomic E-state index is 12.4. The molecule has 0 spiro atoms. The minimum atomic E-state index is -2.60. The highest BCUT2D eigenvalue weighted by Gasteiger charge is 2.55. The lowest BCUT2D eigenvalue weighted by molar-refractivity contribution is -0.173. The molecule has 0 unspecified atom stereocenters. The standard InChI is InChI=1S/C8H10F2O/c1-2-3-7(6-11)4-8(9,10)5-7/h1,11H,3-6H2. The maximum atomic E-state index is 12.4. The SMILES string of the molecule is C#CCC1(CO)CC(F)(F)C1. The molecule has 1 fully saturated rings. The number of rotatable bonds is 2. The van der Waals surface area contributed by atoms with Crippen molar-refractivity contribution in [1.29, 1.82) is 0 Å². The zero-order chi connectivity index (χ0) is 8.54. The monoisotopic (exact) mass is 160 g/mol. The van der Waals surface area contributed by atoms with Crippen molar-refractivity contribution in [2.24, 2.45) is 5.41 Å². The lowest BCUT2D eigenvalue weighted by Crippen LogP contribution is -2.48. The van der Waals surface area contributed by atoms with Crippen molar-refractivity contribution in [3.05, 3.63) is 0 Å². The second kappa shape index (κ2) is 2.46. The van der Waals surface area contributed by atoms with Gasteiger partial charge in [-0.15, -0.1) is 12.3 Å². The first-order valence-corrected chi connectivity index (χ1v) is 3.46. The number of aliphatic hydroxyl groups excluding tert-OH is 1. The highest BCUT2D eigenvalue weighted by atomic mass is 19.3. The summed E-state index contributed by atoms with van der Waals surface area (Å²) in [4.78, 5) is 0. The van der Waals surface area contributed by atoms with Crippen LogP contribution in [-0.2, 0) is 0 Å². The molecule has 0 radical (unpaired) electrons. The van der Waals surface area contributed by atoms with E-state index in [1.165, 1.54) is 0 Å². The van der Waals surface area contributed by atoms with Crippen LogP contribution in [0, 0.1) is 17.8 Å². The highest BCUT2D eigenvalue weighted by Crippen LogP contribution is 2.53. The van der Waals surface area contributed by atoms with Gasteiger partial charge in [0.2, 0.25) is 5.92 Å². The van der Waals surface area contributed by atoms with Gasteiger partial charge in [-0.3, -0.25) is 0 Å². The van der Waals surface area contributed by atoms with E-state index in [1.54, 1.807) is 0 Å². The quantitative estimate of drug-likeness (QED) is 0.605. The Morgan fingerprint density at radius 2 is 2.00 bits per heavy atom. The van der Waals surface area contributed by atoms with Crippen molar-refractivity contribution in [3.63, 3.8) is 0 Å². The van der Waals surface area contributed by atoms with Gasteiger partial charge < -0.3 is 5.11 Å². The van der Waals surface area contributed by atoms with Crippen molar-refractivity contribution in [2.45, 2.75) is 25.2 Å². The number of aliphatic hydroxyl groups is 1. The lowest BCUT2D eigenvalue weighted by Gasteiger charge is -2.45. The Hall–Kier alpha value is -0.620. The first-order valence-electron chi connectivity index (χ1n) is 3.46. The molecule has 3 heteroatoms. The molecule has 62 valence electrons. The summed E-state index contributed by atoms with van der Waals surface area (Å²) in [6, 6.07) is 0. The number of terminal acetylenes is 1. The minimum absolute atomic E-state index is 0.229. The van der Waals surface area contributed by atoms with Crippen molar-refractivity contribution in [1.82, 2.24) is 0 Å². The Labute approximate surface area is 64.4 Å². The van der Waals surface area contributed by atoms with Crippen LogP contribution in [0.25, 0.3) is 0 Å². The summed E-state index contributed by atoms with van der Waals surface area (Å²) in [5.74, 6) is -0.292. The van der Waals surface area contributed by atoms with E-state index in [0.29, 0.717) is 0 Å². The average Bonchev–Trinajstić information content (AvgIpc) is 1.84. The molecule has 0 amide bonds. The van der Waals surface area contributed by atoms with Gasteiger partial charge in [0.25, 0.3) is 0 Å². The lowest BCUT2D eigenvalue weighted by atomic mass is 9.65. The second-order valence-corrected chi connectivity index (χ2v) is 3.25.